The van der Waals surface area contributed by atoms with Crippen molar-refractivity contribution in [2.75, 3.05) is 11.5 Å². The Labute approximate surface area is 119 Å². The number of aromatic nitrogens is 1. The topological polar surface area (TPSA) is 64.9 Å². The first-order valence-corrected chi connectivity index (χ1v) is 4.34. The fraction of sp³-hybridized carbons (Fsp3) is 0. The summed E-state index contributed by atoms with van der Waals surface area (Å²) in [4.78, 5) is 4.22. The van der Waals surface area contributed by atoms with Gasteiger partial charge in [0.1, 0.15) is 0 Å². The molecular formula is C11H14Cl3N3. The summed E-state index contributed by atoms with van der Waals surface area (Å²) in [7, 11) is 0. The molecule has 1 aromatic heterocycles. The number of halogens is 3. The van der Waals surface area contributed by atoms with Gasteiger partial charge in [0.15, 0.2) is 0 Å². The molecule has 0 amide bonds. The second kappa shape index (κ2) is 8.01. The Bertz CT molecular complexity index is 449. The van der Waals surface area contributed by atoms with Gasteiger partial charge in [-0.05, 0) is 30.3 Å². The molecule has 1 aromatic carbocycles. The zero-order valence-corrected chi connectivity index (χ0v) is 11.3. The van der Waals surface area contributed by atoms with Crippen LogP contribution >= 0.6 is 37.2 Å². The Morgan fingerprint density at radius 3 is 2.18 bits per heavy atom. The van der Waals surface area contributed by atoms with E-state index in [4.69, 9.17) is 11.5 Å². The number of hydrogen-bond acceptors (Lipinski definition) is 3. The molecule has 0 bridgehead atoms. The maximum atomic E-state index is 5.83. The average molecular weight is 295 g/mol. The smallest absolute Gasteiger partial charge is 0.0723 e. The van der Waals surface area contributed by atoms with Gasteiger partial charge >= 0.3 is 0 Å². The second-order valence-electron chi connectivity index (χ2n) is 3.06. The molecule has 0 unspecified atom stereocenters. The Morgan fingerprint density at radius 2 is 1.59 bits per heavy atom. The molecular weight excluding hydrogens is 281 g/mol. The van der Waals surface area contributed by atoms with E-state index in [2.05, 4.69) is 4.98 Å². The first-order chi connectivity index (χ1) is 6.77. The van der Waals surface area contributed by atoms with E-state index >= 15 is 0 Å². The normalized spacial score (nSPS) is 8.24. The van der Waals surface area contributed by atoms with Crippen LogP contribution in [0.1, 0.15) is 0 Å². The zero-order chi connectivity index (χ0) is 9.97. The third kappa shape index (κ3) is 4.30. The van der Waals surface area contributed by atoms with Crippen LogP contribution in [-0.2, 0) is 0 Å². The summed E-state index contributed by atoms with van der Waals surface area (Å²) in [5.74, 6) is 0. The van der Waals surface area contributed by atoms with Crippen LogP contribution in [0.25, 0.3) is 11.3 Å². The standard InChI is InChI=1S/C11H11N3.3ClH/c12-8-4-5-10(13)9(7-8)11-3-1-2-6-14-11;;;/h1-7H,12-13H2;3*1H. The lowest BCUT2D eigenvalue weighted by molar-refractivity contribution is 1.33. The van der Waals surface area contributed by atoms with Gasteiger partial charge in [0.05, 0.1) is 5.69 Å². The molecule has 6 heteroatoms. The molecule has 0 saturated carbocycles. The van der Waals surface area contributed by atoms with Crippen molar-refractivity contribution in [1.82, 2.24) is 4.98 Å². The molecule has 17 heavy (non-hydrogen) atoms. The summed E-state index contributed by atoms with van der Waals surface area (Å²) in [6.45, 7) is 0. The van der Waals surface area contributed by atoms with Crippen LogP contribution in [0.15, 0.2) is 42.6 Å². The third-order valence-corrected chi connectivity index (χ3v) is 2.02. The van der Waals surface area contributed by atoms with E-state index in [9.17, 15) is 0 Å². The average Bonchev–Trinajstić information content (AvgIpc) is 2.23. The SMILES string of the molecule is Cl.Cl.Cl.Nc1ccc(N)c(-c2ccccn2)c1. The van der Waals surface area contributed by atoms with Crippen LogP contribution < -0.4 is 11.5 Å². The lowest BCUT2D eigenvalue weighted by atomic mass is 10.1. The zero-order valence-electron chi connectivity index (χ0n) is 8.87. The molecule has 0 fully saturated rings. The maximum Gasteiger partial charge on any atom is 0.0723 e. The van der Waals surface area contributed by atoms with E-state index < -0.39 is 0 Å². The largest absolute Gasteiger partial charge is 0.399 e. The van der Waals surface area contributed by atoms with E-state index in [0.29, 0.717) is 11.4 Å². The first kappa shape index (κ1) is 18.2. The van der Waals surface area contributed by atoms with Crippen molar-refractivity contribution in [3.05, 3.63) is 42.6 Å². The van der Waals surface area contributed by atoms with E-state index in [1.807, 2.05) is 24.3 Å². The summed E-state index contributed by atoms with van der Waals surface area (Å²) >= 11 is 0. The van der Waals surface area contributed by atoms with Crippen molar-refractivity contribution >= 4 is 48.6 Å². The highest BCUT2D eigenvalue weighted by Crippen LogP contribution is 2.25. The minimum Gasteiger partial charge on any atom is -0.399 e. The number of pyridine rings is 1. The fourth-order valence-electron chi connectivity index (χ4n) is 1.32. The van der Waals surface area contributed by atoms with Crippen molar-refractivity contribution in [1.29, 1.82) is 0 Å². The molecule has 0 atom stereocenters. The van der Waals surface area contributed by atoms with E-state index in [1.54, 1.807) is 18.3 Å². The minimum absolute atomic E-state index is 0. The molecule has 94 valence electrons. The van der Waals surface area contributed by atoms with Crippen molar-refractivity contribution in [2.45, 2.75) is 0 Å². The molecule has 2 aromatic rings. The van der Waals surface area contributed by atoms with E-state index in [-0.39, 0.29) is 37.2 Å². The van der Waals surface area contributed by atoms with Crippen LogP contribution in [-0.4, -0.2) is 4.98 Å². The monoisotopic (exact) mass is 293 g/mol. The molecule has 0 saturated heterocycles. The van der Waals surface area contributed by atoms with Crippen LogP contribution in [0.5, 0.6) is 0 Å². The summed E-state index contributed by atoms with van der Waals surface area (Å²) in [5.41, 5.74) is 14.6. The number of anilines is 2. The van der Waals surface area contributed by atoms with Gasteiger partial charge in [0.25, 0.3) is 0 Å². The highest BCUT2D eigenvalue weighted by molar-refractivity contribution is 5.86. The van der Waals surface area contributed by atoms with Gasteiger partial charge < -0.3 is 11.5 Å². The number of benzene rings is 1. The first-order valence-electron chi connectivity index (χ1n) is 4.34. The predicted molar refractivity (Wildman–Crippen MR) is 80.2 cm³/mol. The summed E-state index contributed by atoms with van der Waals surface area (Å²) in [5, 5.41) is 0. The van der Waals surface area contributed by atoms with Crippen LogP contribution in [0.4, 0.5) is 11.4 Å². The van der Waals surface area contributed by atoms with E-state index in [1.165, 1.54) is 0 Å². The number of rotatable bonds is 1. The quantitative estimate of drug-likeness (QED) is 0.794. The Hall–Kier alpha value is -1.16. The maximum absolute atomic E-state index is 5.83. The summed E-state index contributed by atoms with van der Waals surface area (Å²) in [6.07, 6.45) is 1.73. The fourth-order valence-corrected chi connectivity index (χ4v) is 1.32. The molecule has 3 nitrogen and oxygen atoms in total. The number of nitrogens with zero attached hydrogens (tertiary/aromatic N) is 1. The molecule has 0 spiro atoms. The summed E-state index contributed by atoms with van der Waals surface area (Å²) < 4.78 is 0. The molecule has 0 aliphatic heterocycles. The molecule has 0 aliphatic rings. The lowest BCUT2D eigenvalue weighted by Crippen LogP contribution is -1.93. The van der Waals surface area contributed by atoms with Gasteiger partial charge in [-0.25, -0.2) is 0 Å². The van der Waals surface area contributed by atoms with E-state index in [0.717, 1.165) is 11.3 Å². The van der Waals surface area contributed by atoms with Gasteiger partial charge in [-0.15, -0.1) is 37.2 Å². The van der Waals surface area contributed by atoms with Crippen molar-refractivity contribution in [2.24, 2.45) is 0 Å². The van der Waals surface area contributed by atoms with Crippen molar-refractivity contribution in [3.63, 3.8) is 0 Å². The molecule has 0 aliphatic carbocycles. The highest BCUT2D eigenvalue weighted by Gasteiger charge is 2.02. The summed E-state index contributed by atoms with van der Waals surface area (Å²) in [6, 6.07) is 11.1. The number of hydrogen-bond donors (Lipinski definition) is 2. The van der Waals surface area contributed by atoms with Gasteiger partial charge in [0.2, 0.25) is 0 Å². The molecule has 2 rings (SSSR count). The minimum atomic E-state index is 0. The van der Waals surface area contributed by atoms with Gasteiger partial charge in [-0.3, -0.25) is 4.98 Å². The predicted octanol–water partition coefficient (Wildman–Crippen LogP) is 3.18. The molecule has 1 heterocycles. The number of nitrogen functional groups attached to an aromatic ring is 2. The van der Waals surface area contributed by atoms with Gasteiger partial charge in [0, 0.05) is 23.1 Å². The number of nitrogens with two attached hydrogens (primary N) is 2. The van der Waals surface area contributed by atoms with Crippen LogP contribution in [0.3, 0.4) is 0 Å². The Balaban J connectivity index is 0. The van der Waals surface area contributed by atoms with Gasteiger partial charge in [-0.1, -0.05) is 6.07 Å². The second-order valence-corrected chi connectivity index (χ2v) is 3.06. The Morgan fingerprint density at radius 1 is 0.882 bits per heavy atom. The molecule has 0 radical (unpaired) electrons. The Kier molecular flexibility index (Phi) is 8.58. The highest BCUT2D eigenvalue weighted by atomic mass is 35.5. The van der Waals surface area contributed by atoms with Crippen molar-refractivity contribution < 1.29 is 0 Å². The lowest BCUT2D eigenvalue weighted by Gasteiger charge is -2.05. The van der Waals surface area contributed by atoms with Crippen LogP contribution in [0, 0.1) is 0 Å². The third-order valence-electron chi connectivity index (χ3n) is 2.02. The molecule has 4 N–H and O–H groups in total. The van der Waals surface area contributed by atoms with Crippen molar-refractivity contribution in [3.8, 4) is 11.3 Å². The van der Waals surface area contributed by atoms with Gasteiger partial charge in [-0.2, -0.15) is 0 Å². The van der Waals surface area contributed by atoms with Crippen LogP contribution in [0.2, 0.25) is 0 Å².